The summed E-state index contributed by atoms with van der Waals surface area (Å²) in [5, 5.41) is 16.1. The summed E-state index contributed by atoms with van der Waals surface area (Å²) in [6.07, 6.45) is 13.1. The van der Waals surface area contributed by atoms with E-state index in [-0.39, 0.29) is 0 Å². The van der Waals surface area contributed by atoms with E-state index in [0.29, 0.717) is 0 Å². The van der Waals surface area contributed by atoms with E-state index in [1.54, 1.807) is 0 Å². The van der Waals surface area contributed by atoms with E-state index in [0.717, 1.165) is 19.8 Å². The Labute approximate surface area is 259 Å². The van der Waals surface area contributed by atoms with Gasteiger partial charge in [0.2, 0.25) is 19.3 Å². The molecule has 0 amide bonds. The zero-order chi connectivity index (χ0) is 29.5. The van der Waals surface area contributed by atoms with E-state index in [9.17, 15) is 0 Å². The minimum Gasteiger partial charge on any atom is -0.232 e. The van der Waals surface area contributed by atoms with Gasteiger partial charge in [0.1, 0.15) is 37.9 Å². The highest BCUT2D eigenvalue weighted by atomic mass is 15.2. The molecule has 2 heterocycles. The van der Waals surface area contributed by atoms with Gasteiger partial charge in [0, 0.05) is 11.1 Å². The van der Waals surface area contributed by atoms with Crippen molar-refractivity contribution in [1.29, 1.82) is 0 Å². The standard InChI is InChI=1S/C41H30N4/c1-3-28-7-9-32-11-13-34(36-17-15-30(5-1)38(28)40(32)36)23-42-19-21-44(25-42)27-45-22-20-43(26-45)24-35-14-12-33-10-8-29-4-2-6-31-16-18-37(35)41(33)39(29)31/h1-22,25-26H,23-24,27H2/q+2. The second-order valence-electron chi connectivity index (χ2n) is 12.5. The van der Waals surface area contributed by atoms with Crippen molar-refractivity contribution in [1.82, 2.24) is 9.13 Å². The molecule has 0 fully saturated rings. The minimum absolute atomic E-state index is 0.761. The predicted octanol–water partition coefficient (Wildman–Crippen LogP) is 8.26. The average Bonchev–Trinajstić information content (AvgIpc) is 3.72. The molecule has 0 spiro atoms. The normalized spacial score (nSPS) is 12.3. The summed E-state index contributed by atoms with van der Waals surface area (Å²) >= 11 is 0. The van der Waals surface area contributed by atoms with Gasteiger partial charge in [-0.05, 0) is 64.6 Å². The summed E-state index contributed by atoms with van der Waals surface area (Å²) in [5.41, 5.74) is 2.69. The van der Waals surface area contributed by atoms with Crippen LogP contribution in [0.5, 0.6) is 0 Å². The van der Waals surface area contributed by atoms with Crippen molar-refractivity contribution in [3.8, 4) is 0 Å². The third-order valence-corrected chi connectivity index (χ3v) is 9.76. The molecule has 0 aliphatic carbocycles. The van der Waals surface area contributed by atoms with Gasteiger partial charge in [-0.25, -0.2) is 9.13 Å². The summed E-state index contributed by atoms with van der Waals surface area (Å²) in [5.74, 6) is 0. The fourth-order valence-electron chi connectivity index (χ4n) is 7.68. The SMILES string of the molecule is c1cc2ccc3ccc(Cn4cc[n+](C[n+]5ccn(Cc6ccc7ccc8cccc9ccc6c7c89)c5)c4)c4ccc(c1)c2c34. The first kappa shape index (κ1) is 24.7. The molecule has 0 saturated carbocycles. The average molecular weight is 579 g/mol. The van der Waals surface area contributed by atoms with Gasteiger partial charge in [-0.15, -0.1) is 0 Å². The van der Waals surface area contributed by atoms with Crippen LogP contribution in [0.4, 0.5) is 0 Å². The third kappa shape index (κ3) is 3.85. The Hall–Kier alpha value is -5.74. The molecule has 0 unspecified atom stereocenters. The first-order chi connectivity index (χ1) is 22.2. The molecule has 8 aromatic carbocycles. The highest BCUT2D eigenvalue weighted by Crippen LogP contribution is 2.37. The van der Waals surface area contributed by atoms with Gasteiger partial charge >= 0.3 is 0 Å². The van der Waals surface area contributed by atoms with Gasteiger partial charge in [0.05, 0.1) is 0 Å². The van der Waals surface area contributed by atoms with E-state index in [4.69, 9.17) is 0 Å². The molecule has 4 heteroatoms. The molecular formula is C41H30N4+2. The van der Waals surface area contributed by atoms with Crippen molar-refractivity contribution in [2.24, 2.45) is 0 Å². The van der Waals surface area contributed by atoms with Gasteiger partial charge in [0.25, 0.3) is 0 Å². The summed E-state index contributed by atoms with van der Waals surface area (Å²) in [7, 11) is 0. The monoisotopic (exact) mass is 578 g/mol. The summed E-state index contributed by atoms with van der Waals surface area (Å²) in [6.45, 7) is 2.43. The molecule has 0 aliphatic rings. The molecular weight excluding hydrogens is 548 g/mol. The summed E-state index contributed by atoms with van der Waals surface area (Å²) in [4.78, 5) is 0. The molecule has 0 saturated heterocycles. The molecule has 45 heavy (non-hydrogen) atoms. The minimum atomic E-state index is 0.761. The number of aromatic nitrogens is 4. The smallest absolute Gasteiger partial charge is 0.232 e. The number of hydrogen-bond acceptors (Lipinski definition) is 0. The second kappa shape index (κ2) is 9.38. The molecule has 4 nitrogen and oxygen atoms in total. The quantitative estimate of drug-likeness (QED) is 0.140. The van der Waals surface area contributed by atoms with Crippen LogP contribution in [0.15, 0.2) is 147 Å². The largest absolute Gasteiger partial charge is 0.247 e. The first-order valence-corrected chi connectivity index (χ1v) is 15.7. The Morgan fingerprint density at radius 2 is 0.778 bits per heavy atom. The number of hydrogen-bond donors (Lipinski definition) is 0. The molecule has 0 radical (unpaired) electrons. The molecule has 10 aromatic rings. The summed E-state index contributed by atoms with van der Waals surface area (Å²) in [6, 6.07) is 40.5. The van der Waals surface area contributed by atoms with Gasteiger partial charge in [-0.3, -0.25) is 0 Å². The number of rotatable bonds is 6. The maximum Gasteiger partial charge on any atom is 0.247 e. The van der Waals surface area contributed by atoms with Crippen molar-refractivity contribution >= 4 is 64.6 Å². The van der Waals surface area contributed by atoms with E-state index in [2.05, 4.69) is 165 Å². The third-order valence-electron chi connectivity index (χ3n) is 9.76. The number of nitrogens with zero attached hydrogens (tertiary/aromatic N) is 4. The molecule has 0 N–H and O–H groups in total. The Bertz CT molecular complexity index is 2470. The van der Waals surface area contributed by atoms with Crippen LogP contribution in [-0.4, -0.2) is 9.13 Å². The lowest BCUT2D eigenvalue weighted by atomic mass is 9.92. The Kier molecular flexibility index (Phi) is 5.14. The number of imidazole rings is 2. The predicted molar refractivity (Wildman–Crippen MR) is 183 cm³/mol. The first-order valence-electron chi connectivity index (χ1n) is 15.7. The van der Waals surface area contributed by atoms with Crippen molar-refractivity contribution in [3.63, 3.8) is 0 Å². The maximum atomic E-state index is 2.30. The second-order valence-corrected chi connectivity index (χ2v) is 12.5. The molecule has 0 aliphatic heterocycles. The Morgan fingerprint density at radius 3 is 1.22 bits per heavy atom. The zero-order valence-electron chi connectivity index (χ0n) is 24.8. The van der Waals surface area contributed by atoms with E-state index < -0.39 is 0 Å². The molecule has 2 aromatic heterocycles. The van der Waals surface area contributed by atoms with Crippen molar-refractivity contribution in [2.75, 3.05) is 0 Å². The van der Waals surface area contributed by atoms with Crippen molar-refractivity contribution < 1.29 is 9.13 Å². The van der Waals surface area contributed by atoms with Crippen molar-refractivity contribution in [2.45, 2.75) is 19.8 Å². The van der Waals surface area contributed by atoms with Gasteiger partial charge in [-0.1, -0.05) is 109 Å². The van der Waals surface area contributed by atoms with Crippen LogP contribution in [-0.2, 0) is 19.8 Å². The van der Waals surface area contributed by atoms with Gasteiger partial charge in [-0.2, -0.15) is 9.13 Å². The highest BCUT2D eigenvalue weighted by molar-refractivity contribution is 6.24. The van der Waals surface area contributed by atoms with Crippen LogP contribution in [0.3, 0.4) is 0 Å². The van der Waals surface area contributed by atoms with Crippen LogP contribution < -0.4 is 9.13 Å². The van der Waals surface area contributed by atoms with Crippen LogP contribution in [0.25, 0.3) is 64.6 Å². The zero-order valence-corrected chi connectivity index (χ0v) is 24.8. The summed E-state index contributed by atoms with van der Waals surface area (Å²) < 4.78 is 9.07. The fraction of sp³-hybridized carbons (Fsp3) is 0.0732. The lowest BCUT2D eigenvalue weighted by molar-refractivity contribution is -0.912. The van der Waals surface area contributed by atoms with Crippen LogP contribution in [0.2, 0.25) is 0 Å². The molecule has 0 atom stereocenters. The molecule has 0 bridgehead atoms. The Balaban J connectivity index is 0.916. The maximum absolute atomic E-state index is 2.30. The van der Waals surface area contributed by atoms with E-state index in [1.807, 2.05) is 0 Å². The molecule has 212 valence electrons. The molecule has 10 rings (SSSR count). The fourth-order valence-corrected chi connectivity index (χ4v) is 7.68. The van der Waals surface area contributed by atoms with Crippen LogP contribution >= 0.6 is 0 Å². The number of benzene rings is 8. The Morgan fingerprint density at radius 1 is 0.400 bits per heavy atom. The van der Waals surface area contributed by atoms with Gasteiger partial charge in [0.15, 0.2) is 0 Å². The van der Waals surface area contributed by atoms with Crippen LogP contribution in [0, 0.1) is 0 Å². The van der Waals surface area contributed by atoms with E-state index >= 15 is 0 Å². The van der Waals surface area contributed by atoms with E-state index in [1.165, 1.54) is 75.8 Å². The van der Waals surface area contributed by atoms with Crippen molar-refractivity contribution in [3.05, 3.63) is 158 Å². The lowest BCUT2D eigenvalue weighted by Crippen LogP contribution is -2.49. The highest BCUT2D eigenvalue weighted by Gasteiger charge is 2.16. The lowest BCUT2D eigenvalue weighted by Gasteiger charge is -2.13. The topological polar surface area (TPSA) is 17.6 Å². The van der Waals surface area contributed by atoms with Crippen LogP contribution in [0.1, 0.15) is 11.1 Å². The van der Waals surface area contributed by atoms with Gasteiger partial charge < -0.3 is 0 Å².